The Bertz CT molecular complexity index is 4170. The Kier molecular flexibility index (Phi) is 8.67. The second kappa shape index (κ2) is 18.0. The second-order valence-electron chi connectivity index (χ2n) is 15.8. The summed E-state index contributed by atoms with van der Waals surface area (Å²) in [7, 11) is -3.80. The predicted molar refractivity (Wildman–Crippen MR) is 272 cm³/mol. The van der Waals surface area contributed by atoms with E-state index < -0.39 is 68.7 Å². The van der Waals surface area contributed by atoms with Gasteiger partial charge in [-0.1, -0.05) is 211 Å². The van der Waals surface area contributed by atoms with E-state index in [9.17, 15) is 4.80 Å². The minimum Gasteiger partial charge on any atom is -0.464 e. The molecule has 68 heavy (non-hydrogen) atoms. The number of fused-ring (bicyclic) bond motifs is 4. The molecule has 3 heterocycles. The standard InChI is InChI=1S/C60H41N4O2Si.Pt/c65-67(46-28-12-4-13-29-46,47-30-14-5-15-31-47)48-40-52-51-32-16-17-35-53(51)64(45-26-10-3-11-27-45)60(52)56(41-48)66-58-39-21-38-57(61-58)62-42-63(55-37-19-18-36-54(55)62)59-49(43-22-6-1-7-23-43)33-20-34-50(59)44-24-8-2-9-25-44;/h1-40,65H;/q-1;+2/i1D,2D,6D,7D,8D,9D,22D,23D,24D,25D;. The summed E-state index contributed by atoms with van der Waals surface area (Å²) in [5.74, 6) is 0.772. The normalized spacial score (nSPS) is 13.5. The summed E-state index contributed by atoms with van der Waals surface area (Å²) in [6.45, 7) is 0. The molecule has 0 aliphatic heterocycles. The van der Waals surface area contributed by atoms with Gasteiger partial charge in [0.05, 0.1) is 30.4 Å². The van der Waals surface area contributed by atoms with E-state index in [4.69, 9.17) is 23.4 Å². The minimum absolute atomic E-state index is 0. The molecule has 0 aliphatic rings. The summed E-state index contributed by atoms with van der Waals surface area (Å²) < 4.78 is 100. The molecular weight excluding hydrogens is 1030 g/mol. The van der Waals surface area contributed by atoms with Crippen molar-refractivity contribution in [3.05, 3.63) is 255 Å². The topological polar surface area (TPSA) is 56.1 Å². The van der Waals surface area contributed by atoms with Crippen LogP contribution in [0.5, 0.6) is 11.6 Å². The van der Waals surface area contributed by atoms with Gasteiger partial charge in [0.25, 0.3) is 14.6 Å². The van der Waals surface area contributed by atoms with Crippen LogP contribution in [0.15, 0.2) is 242 Å². The van der Waals surface area contributed by atoms with Gasteiger partial charge in [-0.05, 0) is 73.9 Å². The van der Waals surface area contributed by atoms with Gasteiger partial charge in [-0.15, -0.1) is 11.3 Å². The van der Waals surface area contributed by atoms with E-state index in [0.29, 0.717) is 33.3 Å². The number of para-hydroxylation sites is 5. The summed E-state index contributed by atoms with van der Waals surface area (Å²) in [6, 6.07) is 54.6. The maximum absolute atomic E-state index is 13.4. The predicted octanol–water partition coefficient (Wildman–Crippen LogP) is 11.1. The molecule has 0 bridgehead atoms. The zero-order valence-electron chi connectivity index (χ0n) is 45.8. The molecule has 0 aliphatic carbocycles. The average Bonchev–Trinajstić information content (AvgIpc) is 4.20. The third-order valence-electron chi connectivity index (χ3n) is 12.0. The first-order chi connectivity index (χ1) is 37.3. The first-order valence-corrected chi connectivity index (χ1v) is 23.5. The van der Waals surface area contributed by atoms with Gasteiger partial charge in [0.15, 0.2) is 5.82 Å². The molecule has 0 amide bonds. The van der Waals surface area contributed by atoms with Crippen molar-refractivity contribution in [2.24, 2.45) is 0 Å². The molecule has 0 saturated carbocycles. The smallest absolute Gasteiger partial charge is 0.464 e. The number of nitrogens with zero attached hydrogens (tertiary/aromatic N) is 4. The Morgan fingerprint density at radius 1 is 0.574 bits per heavy atom. The Morgan fingerprint density at radius 3 is 1.78 bits per heavy atom. The van der Waals surface area contributed by atoms with E-state index in [1.54, 1.807) is 57.7 Å². The molecule has 0 radical (unpaired) electrons. The van der Waals surface area contributed by atoms with Gasteiger partial charge >= 0.3 is 21.1 Å². The molecule has 12 aromatic rings. The van der Waals surface area contributed by atoms with Crippen LogP contribution in [0, 0.1) is 12.4 Å². The third kappa shape index (κ3) is 7.38. The molecule has 1 N–H and O–H groups in total. The van der Waals surface area contributed by atoms with Gasteiger partial charge in [0, 0.05) is 17.0 Å². The largest absolute Gasteiger partial charge is 2.00 e. The van der Waals surface area contributed by atoms with Crippen LogP contribution in [0.1, 0.15) is 13.7 Å². The Balaban J connectivity index is 0.00000645. The van der Waals surface area contributed by atoms with Crippen molar-refractivity contribution < 1.29 is 48.9 Å². The van der Waals surface area contributed by atoms with Crippen LogP contribution in [0.3, 0.4) is 0 Å². The second-order valence-corrected chi connectivity index (χ2v) is 18.9. The van der Waals surface area contributed by atoms with Crippen molar-refractivity contribution in [2.75, 3.05) is 0 Å². The molecule has 0 atom stereocenters. The number of pyridine rings is 1. The number of imidazole rings is 1. The van der Waals surface area contributed by atoms with Crippen molar-refractivity contribution in [3.8, 4) is 51.1 Å². The van der Waals surface area contributed by atoms with Gasteiger partial charge in [0.2, 0.25) is 5.88 Å². The fourth-order valence-electron chi connectivity index (χ4n) is 8.99. The minimum atomic E-state index is -3.80. The molecule has 3 aromatic heterocycles. The van der Waals surface area contributed by atoms with Gasteiger partial charge in [-0.25, -0.2) is 4.98 Å². The van der Waals surface area contributed by atoms with Crippen molar-refractivity contribution in [2.45, 2.75) is 0 Å². The number of ether oxygens (including phenoxy) is 1. The molecule has 8 heteroatoms. The van der Waals surface area contributed by atoms with Crippen LogP contribution in [-0.2, 0) is 21.1 Å². The maximum Gasteiger partial charge on any atom is 2.00 e. The summed E-state index contributed by atoms with van der Waals surface area (Å²) in [6.07, 6.45) is 3.41. The fourth-order valence-corrected chi connectivity index (χ4v) is 11.9. The van der Waals surface area contributed by atoms with E-state index in [1.807, 2.05) is 127 Å². The molecule has 0 unspecified atom stereocenters. The van der Waals surface area contributed by atoms with Gasteiger partial charge in [-0.2, -0.15) is 6.07 Å². The van der Waals surface area contributed by atoms with E-state index in [-0.39, 0.29) is 54.9 Å². The van der Waals surface area contributed by atoms with Crippen molar-refractivity contribution >= 4 is 56.7 Å². The number of rotatable bonds is 10. The number of hydrogen-bond acceptors (Lipinski definition) is 3. The van der Waals surface area contributed by atoms with Crippen molar-refractivity contribution in [3.63, 3.8) is 0 Å². The monoisotopic (exact) mass is 1080 g/mol. The fraction of sp³-hybridized carbons (Fsp3) is 0. The van der Waals surface area contributed by atoms with Crippen LogP contribution in [0.2, 0.25) is 0 Å². The SMILES string of the molecule is [2H]c1c([2H])c([2H])c(-c2cccc(-c3c([2H])c([2H])c([2H])c([2H])c3[2H])c2-[n+]2[c-]n(-c3cccc(Oc4[c-]c([Si](O)(c5ccccc5)c5ccccc5)cc5c6ccccc6n(-c6ccccc6)c45)n3)c3ccccc32)c([2H])c1[2H].[Pt+2]. The van der Waals surface area contributed by atoms with E-state index in [1.165, 1.54) is 0 Å². The first-order valence-electron chi connectivity index (χ1n) is 26.5. The number of hydrogen-bond donors (Lipinski definition) is 1. The molecule has 6 nitrogen and oxygen atoms in total. The molecule has 0 fully saturated rings. The summed E-state index contributed by atoms with van der Waals surface area (Å²) in [5, 5.41) is 3.82. The van der Waals surface area contributed by atoms with E-state index in [0.717, 1.165) is 32.3 Å². The Hall–Kier alpha value is -7.93. The molecule has 326 valence electrons. The van der Waals surface area contributed by atoms with Gasteiger partial charge in [0.1, 0.15) is 0 Å². The quantitative estimate of drug-likeness (QED) is 0.0643. The van der Waals surface area contributed by atoms with Gasteiger partial charge in [-0.3, -0.25) is 9.13 Å². The average molecular weight is 1080 g/mol. The summed E-state index contributed by atoms with van der Waals surface area (Å²) >= 11 is 0. The number of aromatic nitrogens is 4. The van der Waals surface area contributed by atoms with Crippen LogP contribution < -0.4 is 24.9 Å². The molecule has 0 saturated heterocycles. The summed E-state index contributed by atoms with van der Waals surface area (Å²) in [4.78, 5) is 18.5. The van der Waals surface area contributed by atoms with Crippen LogP contribution in [-0.4, -0.2) is 27.2 Å². The molecule has 0 spiro atoms. The maximum atomic E-state index is 13.4. The molecule has 9 aromatic carbocycles. The zero-order chi connectivity index (χ0) is 53.4. The number of benzene rings is 9. The Labute approximate surface area is 423 Å². The molecule has 12 rings (SSSR count). The van der Waals surface area contributed by atoms with Gasteiger partial charge < -0.3 is 14.1 Å². The van der Waals surface area contributed by atoms with Crippen LogP contribution in [0.4, 0.5) is 0 Å². The third-order valence-corrected chi connectivity index (χ3v) is 15.3. The van der Waals surface area contributed by atoms with E-state index in [2.05, 4.69) is 23.0 Å². The van der Waals surface area contributed by atoms with Crippen molar-refractivity contribution in [1.29, 1.82) is 0 Å². The molecular formula is C60H41N4O2PtSi+. The van der Waals surface area contributed by atoms with E-state index >= 15 is 0 Å². The van der Waals surface area contributed by atoms with Crippen molar-refractivity contribution in [1.82, 2.24) is 14.1 Å². The zero-order valence-corrected chi connectivity index (χ0v) is 39.1. The Morgan fingerprint density at radius 2 is 1.13 bits per heavy atom. The first kappa shape index (κ1) is 32.7. The van der Waals surface area contributed by atoms with Crippen LogP contribution in [0.25, 0.3) is 72.3 Å². The van der Waals surface area contributed by atoms with Crippen LogP contribution >= 0.6 is 0 Å². The summed E-state index contributed by atoms with van der Waals surface area (Å²) in [5.41, 5.74) is 3.50.